The van der Waals surface area contributed by atoms with E-state index in [0.29, 0.717) is 12.5 Å². The van der Waals surface area contributed by atoms with Crippen molar-refractivity contribution in [2.24, 2.45) is 5.92 Å². The van der Waals surface area contributed by atoms with Crippen LogP contribution >= 0.6 is 0 Å². The highest BCUT2D eigenvalue weighted by Crippen LogP contribution is 2.24. The summed E-state index contributed by atoms with van der Waals surface area (Å²) >= 11 is 0. The van der Waals surface area contributed by atoms with Gasteiger partial charge in [-0.05, 0) is 55.5 Å². The number of hydrogen-bond acceptors (Lipinski definition) is 4. The second-order valence-electron chi connectivity index (χ2n) is 7.71. The van der Waals surface area contributed by atoms with Gasteiger partial charge in [0.1, 0.15) is 0 Å². The summed E-state index contributed by atoms with van der Waals surface area (Å²) in [6.07, 6.45) is 5.55. The van der Waals surface area contributed by atoms with Crippen molar-refractivity contribution in [3.05, 3.63) is 72.1 Å². The second kappa shape index (κ2) is 8.43. The van der Waals surface area contributed by atoms with Gasteiger partial charge in [0, 0.05) is 36.7 Å². The summed E-state index contributed by atoms with van der Waals surface area (Å²) in [4.78, 5) is 24.0. The van der Waals surface area contributed by atoms with Gasteiger partial charge in [-0.25, -0.2) is 9.97 Å². The molecular weight excluding hydrogens is 360 g/mol. The van der Waals surface area contributed by atoms with Crippen LogP contribution in [-0.4, -0.2) is 29.0 Å². The van der Waals surface area contributed by atoms with Crippen molar-refractivity contribution in [1.82, 2.24) is 9.97 Å². The fourth-order valence-electron chi connectivity index (χ4n) is 3.70. The maximum absolute atomic E-state index is 12.8. The first-order chi connectivity index (χ1) is 14.1. The van der Waals surface area contributed by atoms with Gasteiger partial charge < -0.3 is 10.2 Å². The van der Waals surface area contributed by atoms with Crippen molar-refractivity contribution < 1.29 is 4.79 Å². The molecular formula is C24H26N4O. The van der Waals surface area contributed by atoms with Crippen LogP contribution < -0.4 is 10.2 Å². The zero-order chi connectivity index (χ0) is 20.2. The molecule has 1 aliphatic heterocycles. The fourth-order valence-corrected chi connectivity index (χ4v) is 3.70. The second-order valence-corrected chi connectivity index (χ2v) is 7.71. The Morgan fingerprint density at radius 2 is 1.76 bits per heavy atom. The molecule has 5 heteroatoms. The number of carbonyl (C=O) groups excluding carboxylic acids is 1. The number of rotatable bonds is 4. The molecule has 1 N–H and O–H groups in total. The van der Waals surface area contributed by atoms with E-state index in [1.165, 1.54) is 11.1 Å². The highest BCUT2D eigenvalue weighted by molar-refractivity contribution is 5.93. The van der Waals surface area contributed by atoms with Crippen molar-refractivity contribution in [1.29, 1.82) is 0 Å². The Balaban J connectivity index is 1.42. The quantitative estimate of drug-likeness (QED) is 0.711. The van der Waals surface area contributed by atoms with Gasteiger partial charge in [0.2, 0.25) is 11.9 Å². The van der Waals surface area contributed by atoms with Gasteiger partial charge in [0.25, 0.3) is 0 Å². The third-order valence-electron chi connectivity index (χ3n) is 5.59. The van der Waals surface area contributed by atoms with Crippen LogP contribution in [0.5, 0.6) is 0 Å². The van der Waals surface area contributed by atoms with Gasteiger partial charge in [-0.1, -0.05) is 36.4 Å². The molecule has 0 saturated carbocycles. The van der Waals surface area contributed by atoms with Crippen LogP contribution in [0.25, 0.3) is 11.1 Å². The summed E-state index contributed by atoms with van der Waals surface area (Å²) in [5, 5.41) is 3.08. The molecule has 1 saturated heterocycles. The molecule has 2 aromatic carbocycles. The lowest BCUT2D eigenvalue weighted by atomic mass is 9.97. The smallest absolute Gasteiger partial charge is 0.229 e. The molecule has 0 radical (unpaired) electrons. The lowest BCUT2D eigenvalue weighted by molar-refractivity contribution is -0.120. The highest BCUT2D eigenvalue weighted by Gasteiger charge is 2.27. The van der Waals surface area contributed by atoms with Crippen LogP contribution in [-0.2, 0) is 4.79 Å². The highest BCUT2D eigenvalue weighted by atomic mass is 16.1. The summed E-state index contributed by atoms with van der Waals surface area (Å²) in [6, 6.07) is 16.1. The Morgan fingerprint density at radius 3 is 2.48 bits per heavy atom. The molecule has 1 fully saturated rings. The molecule has 4 rings (SSSR count). The molecule has 2 heterocycles. The number of nitrogens with one attached hydrogen (secondary N) is 1. The Labute approximate surface area is 171 Å². The molecule has 1 atom stereocenters. The van der Waals surface area contributed by atoms with Gasteiger partial charge >= 0.3 is 0 Å². The van der Waals surface area contributed by atoms with Crippen molar-refractivity contribution in [2.45, 2.75) is 26.7 Å². The number of aromatic nitrogens is 2. The number of piperidine rings is 1. The van der Waals surface area contributed by atoms with Crippen LogP contribution in [0.4, 0.5) is 11.6 Å². The molecule has 0 aliphatic carbocycles. The first kappa shape index (κ1) is 19.1. The standard InChI is InChI=1S/C24H26N4O/c1-17-10-11-22(13-18(17)2)27-23(29)20-9-6-12-28(16-20)24-25-14-21(15-26-24)19-7-4-3-5-8-19/h3-5,7-8,10-11,13-15,20H,6,9,12,16H2,1-2H3,(H,27,29). The normalized spacial score (nSPS) is 16.5. The SMILES string of the molecule is Cc1ccc(NC(=O)C2CCCN(c3ncc(-c4ccccc4)cn3)C2)cc1C. The van der Waals surface area contributed by atoms with E-state index in [2.05, 4.69) is 34.0 Å². The van der Waals surface area contributed by atoms with Crippen LogP contribution in [0.1, 0.15) is 24.0 Å². The predicted octanol–water partition coefficient (Wildman–Crippen LogP) is 4.62. The van der Waals surface area contributed by atoms with Crippen LogP contribution in [0.2, 0.25) is 0 Å². The first-order valence-electron chi connectivity index (χ1n) is 10.1. The van der Waals surface area contributed by atoms with Crippen LogP contribution in [0.3, 0.4) is 0 Å². The minimum absolute atomic E-state index is 0.0669. The summed E-state index contributed by atoms with van der Waals surface area (Å²) in [7, 11) is 0. The molecule has 148 valence electrons. The van der Waals surface area contributed by atoms with Crippen molar-refractivity contribution in [3.63, 3.8) is 0 Å². The average Bonchev–Trinajstić information content (AvgIpc) is 2.77. The lowest BCUT2D eigenvalue weighted by Gasteiger charge is -2.32. The third kappa shape index (κ3) is 4.45. The lowest BCUT2D eigenvalue weighted by Crippen LogP contribution is -2.41. The number of anilines is 2. The van der Waals surface area contributed by atoms with Crippen molar-refractivity contribution in [2.75, 3.05) is 23.3 Å². The van der Waals surface area contributed by atoms with E-state index in [-0.39, 0.29) is 11.8 Å². The Morgan fingerprint density at radius 1 is 1.00 bits per heavy atom. The number of benzene rings is 2. The summed E-state index contributed by atoms with van der Waals surface area (Å²) in [5.74, 6) is 0.690. The van der Waals surface area contributed by atoms with E-state index in [0.717, 1.165) is 36.2 Å². The van der Waals surface area contributed by atoms with Gasteiger partial charge in [-0.2, -0.15) is 0 Å². The minimum Gasteiger partial charge on any atom is -0.340 e. The molecule has 0 spiro atoms. The number of amides is 1. The third-order valence-corrected chi connectivity index (χ3v) is 5.59. The Hall–Kier alpha value is -3.21. The van der Waals surface area contributed by atoms with E-state index in [1.54, 1.807) is 0 Å². The number of aryl methyl sites for hydroxylation is 2. The molecule has 1 aliphatic rings. The van der Waals surface area contributed by atoms with E-state index in [9.17, 15) is 4.79 Å². The molecule has 29 heavy (non-hydrogen) atoms. The van der Waals surface area contributed by atoms with Gasteiger partial charge in [-0.3, -0.25) is 4.79 Å². The maximum atomic E-state index is 12.8. The predicted molar refractivity (Wildman–Crippen MR) is 117 cm³/mol. The molecule has 0 bridgehead atoms. The van der Waals surface area contributed by atoms with E-state index in [1.807, 2.05) is 60.9 Å². The number of hydrogen-bond donors (Lipinski definition) is 1. The topological polar surface area (TPSA) is 58.1 Å². The average molecular weight is 386 g/mol. The van der Waals surface area contributed by atoms with Crippen molar-refractivity contribution >= 4 is 17.5 Å². The summed E-state index contributed by atoms with van der Waals surface area (Å²) in [5.41, 5.74) is 5.36. The zero-order valence-electron chi connectivity index (χ0n) is 16.9. The zero-order valence-corrected chi connectivity index (χ0v) is 16.9. The van der Waals surface area contributed by atoms with Gasteiger partial charge in [0.15, 0.2) is 0 Å². The largest absolute Gasteiger partial charge is 0.340 e. The number of carbonyl (C=O) groups is 1. The van der Waals surface area contributed by atoms with Crippen molar-refractivity contribution in [3.8, 4) is 11.1 Å². The monoisotopic (exact) mass is 386 g/mol. The van der Waals surface area contributed by atoms with Gasteiger partial charge in [-0.15, -0.1) is 0 Å². The summed E-state index contributed by atoms with van der Waals surface area (Å²) in [6.45, 7) is 5.65. The summed E-state index contributed by atoms with van der Waals surface area (Å²) < 4.78 is 0. The van der Waals surface area contributed by atoms with Crippen LogP contribution in [0.15, 0.2) is 60.9 Å². The molecule has 1 amide bonds. The maximum Gasteiger partial charge on any atom is 0.229 e. The van der Waals surface area contributed by atoms with Gasteiger partial charge in [0.05, 0.1) is 5.92 Å². The fraction of sp³-hybridized carbons (Fsp3) is 0.292. The van der Waals surface area contributed by atoms with E-state index < -0.39 is 0 Å². The molecule has 3 aromatic rings. The Kier molecular flexibility index (Phi) is 5.56. The van der Waals surface area contributed by atoms with E-state index >= 15 is 0 Å². The first-order valence-corrected chi connectivity index (χ1v) is 10.1. The Bertz CT molecular complexity index is 986. The molecule has 1 aromatic heterocycles. The minimum atomic E-state index is -0.0669. The molecule has 1 unspecified atom stereocenters. The number of nitrogens with zero attached hydrogens (tertiary/aromatic N) is 3. The van der Waals surface area contributed by atoms with E-state index in [4.69, 9.17) is 0 Å². The van der Waals surface area contributed by atoms with Crippen LogP contribution in [0, 0.1) is 19.8 Å². The molecule has 5 nitrogen and oxygen atoms in total.